The van der Waals surface area contributed by atoms with Gasteiger partial charge >= 0.3 is 11.9 Å². The van der Waals surface area contributed by atoms with Gasteiger partial charge in [0.05, 0.1) is 36.9 Å². The molecule has 1 saturated heterocycles. The van der Waals surface area contributed by atoms with Crippen molar-refractivity contribution in [3.8, 4) is 5.75 Å². The third kappa shape index (κ3) is 7.59. The summed E-state index contributed by atoms with van der Waals surface area (Å²) >= 11 is 0. The lowest BCUT2D eigenvalue weighted by Crippen LogP contribution is -2.48. The van der Waals surface area contributed by atoms with Crippen LogP contribution in [0.4, 0.5) is 0 Å². The van der Waals surface area contributed by atoms with Crippen LogP contribution in [0.25, 0.3) is 10.8 Å². The van der Waals surface area contributed by atoms with Crippen molar-refractivity contribution < 1.29 is 33.4 Å². The molecule has 0 N–H and O–H groups in total. The second-order valence-corrected chi connectivity index (χ2v) is 14.2. The number of benzene rings is 2. The first-order valence-electron chi connectivity index (χ1n) is 16.1. The van der Waals surface area contributed by atoms with Gasteiger partial charge in [0.1, 0.15) is 17.5 Å². The highest BCUT2D eigenvalue weighted by molar-refractivity contribution is 5.96. The number of amides is 1. The zero-order valence-corrected chi connectivity index (χ0v) is 27.9. The lowest BCUT2D eigenvalue weighted by Gasteiger charge is -2.37. The monoisotopic (exact) mass is 619 g/mol. The molecule has 0 radical (unpaired) electrons. The highest BCUT2D eigenvalue weighted by Crippen LogP contribution is 2.57. The number of hydrogen-bond acceptors (Lipinski definition) is 7. The summed E-state index contributed by atoms with van der Waals surface area (Å²) in [7, 11) is 0. The molecule has 2 fully saturated rings. The molecule has 4 rings (SSSR count). The molecule has 0 unspecified atom stereocenters. The molecule has 1 aliphatic carbocycles. The summed E-state index contributed by atoms with van der Waals surface area (Å²) in [5.74, 6) is -1.56. The fourth-order valence-electron chi connectivity index (χ4n) is 6.46. The van der Waals surface area contributed by atoms with Gasteiger partial charge in [0, 0.05) is 18.2 Å². The minimum absolute atomic E-state index is 0.0497. The number of allylic oxidation sites excluding steroid dienone is 1. The largest absolute Gasteiger partial charge is 0.488 e. The number of ether oxygens (including phenoxy) is 3. The van der Waals surface area contributed by atoms with Crippen LogP contribution in [0, 0.1) is 22.7 Å². The summed E-state index contributed by atoms with van der Waals surface area (Å²) in [6, 6.07) is 12.9. The summed E-state index contributed by atoms with van der Waals surface area (Å²) in [6.45, 7) is 17.3. The van der Waals surface area contributed by atoms with Crippen LogP contribution < -0.4 is 4.74 Å². The fourth-order valence-corrected chi connectivity index (χ4v) is 6.46. The number of nitrogens with zero attached hydrogens (tertiary/aromatic N) is 1. The van der Waals surface area contributed by atoms with Crippen LogP contribution >= 0.6 is 0 Å². The zero-order chi connectivity index (χ0) is 33.2. The summed E-state index contributed by atoms with van der Waals surface area (Å²) in [5.41, 5.74) is -2.21. The molecule has 0 aromatic heterocycles. The van der Waals surface area contributed by atoms with Crippen molar-refractivity contribution in [1.29, 1.82) is 0 Å². The molecule has 1 aliphatic heterocycles. The number of likely N-dealkylation sites (tertiary alicyclic amines) is 1. The van der Waals surface area contributed by atoms with E-state index in [1.54, 1.807) is 38.7 Å². The first-order chi connectivity index (χ1) is 21.2. The van der Waals surface area contributed by atoms with Crippen LogP contribution in [0.1, 0.15) is 80.6 Å². The number of fused-ring (bicyclic) bond motifs is 1. The topological polar surface area (TPSA) is 99.2 Å². The summed E-state index contributed by atoms with van der Waals surface area (Å²) in [4.78, 5) is 56.4. The van der Waals surface area contributed by atoms with E-state index in [0.717, 1.165) is 10.8 Å². The first kappa shape index (κ1) is 34.2. The Balaban J connectivity index is 1.66. The van der Waals surface area contributed by atoms with E-state index in [4.69, 9.17) is 14.2 Å². The molecule has 5 atom stereocenters. The smallest absolute Gasteiger partial charge is 0.313 e. The second-order valence-electron chi connectivity index (χ2n) is 14.2. The number of Topliss-reactive ketones (excluding diaryl/α,β-unsaturated/α-hetero) is 1. The molecular formula is C37H49NO7. The zero-order valence-electron chi connectivity index (χ0n) is 27.9. The molecule has 0 spiro atoms. The van der Waals surface area contributed by atoms with E-state index < -0.39 is 46.4 Å². The van der Waals surface area contributed by atoms with Gasteiger partial charge < -0.3 is 19.1 Å². The van der Waals surface area contributed by atoms with Gasteiger partial charge in [0.25, 0.3) is 0 Å². The lowest BCUT2D eigenvalue weighted by atomic mass is 9.74. The predicted octanol–water partition coefficient (Wildman–Crippen LogP) is 6.69. The van der Waals surface area contributed by atoms with E-state index in [1.165, 1.54) is 0 Å². The van der Waals surface area contributed by atoms with E-state index in [1.807, 2.05) is 63.2 Å². The molecule has 2 aromatic carbocycles. The minimum atomic E-state index is -0.962. The summed E-state index contributed by atoms with van der Waals surface area (Å²) in [5, 5.41) is 1.96. The Kier molecular flexibility index (Phi) is 10.1. The maximum absolute atomic E-state index is 14.5. The van der Waals surface area contributed by atoms with Crippen molar-refractivity contribution in [2.75, 3.05) is 13.2 Å². The quantitative estimate of drug-likeness (QED) is 0.182. The Hall–Kier alpha value is -3.68. The molecule has 244 valence electrons. The first-order valence-corrected chi connectivity index (χ1v) is 16.1. The van der Waals surface area contributed by atoms with Crippen LogP contribution in [0.5, 0.6) is 5.75 Å². The molecule has 0 bridgehead atoms. The molecule has 2 aliphatic rings. The van der Waals surface area contributed by atoms with E-state index >= 15 is 0 Å². The average Bonchev–Trinajstić information content (AvgIpc) is 3.54. The van der Waals surface area contributed by atoms with E-state index in [2.05, 4.69) is 6.58 Å². The van der Waals surface area contributed by atoms with Crippen molar-refractivity contribution in [2.45, 2.75) is 98.3 Å². The summed E-state index contributed by atoms with van der Waals surface area (Å²) in [6.07, 6.45) is 2.49. The molecule has 8 heteroatoms. The van der Waals surface area contributed by atoms with Gasteiger partial charge in [0.15, 0.2) is 5.78 Å². The molecule has 1 amide bonds. The van der Waals surface area contributed by atoms with E-state index in [0.29, 0.717) is 18.6 Å². The normalized spacial score (nSPS) is 23.7. The van der Waals surface area contributed by atoms with Crippen LogP contribution in [-0.2, 0) is 28.7 Å². The summed E-state index contributed by atoms with van der Waals surface area (Å²) < 4.78 is 17.5. The third-order valence-corrected chi connectivity index (χ3v) is 9.49. The number of carbonyl (C=O) groups excluding carboxylic acids is 4. The number of carbonyl (C=O) groups is 4. The van der Waals surface area contributed by atoms with Crippen molar-refractivity contribution in [3.05, 3.63) is 55.1 Å². The molecule has 1 heterocycles. The molecule has 1 saturated carbocycles. The van der Waals surface area contributed by atoms with Crippen molar-refractivity contribution >= 4 is 34.4 Å². The van der Waals surface area contributed by atoms with Gasteiger partial charge in [-0.3, -0.25) is 19.2 Å². The third-order valence-electron chi connectivity index (χ3n) is 9.49. The highest BCUT2D eigenvalue weighted by atomic mass is 16.6. The Morgan fingerprint density at radius 2 is 1.73 bits per heavy atom. The molecular weight excluding hydrogens is 570 g/mol. The SMILES string of the molecule is C=C[C@H]1C[C@@]1(CC(=O)[C@@H]1C[C@@H](Oc2cccc3ccccc23)CN1C(=O)[C@@H](CC(=O)OC(C)(C)C)C(C)(C)CC)C(=O)OCC. The Labute approximate surface area is 267 Å². The Morgan fingerprint density at radius 1 is 1.04 bits per heavy atom. The second kappa shape index (κ2) is 13.4. The van der Waals surface area contributed by atoms with Crippen LogP contribution in [0.15, 0.2) is 55.1 Å². The van der Waals surface area contributed by atoms with Crippen LogP contribution in [-0.4, -0.2) is 59.4 Å². The number of hydrogen-bond donors (Lipinski definition) is 0. The predicted molar refractivity (Wildman–Crippen MR) is 173 cm³/mol. The molecule has 45 heavy (non-hydrogen) atoms. The van der Waals surface area contributed by atoms with Gasteiger partial charge in [-0.25, -0.2) is 0 Å². The van der Waals surface area contributed by atoms with Crippen molar-refractivity contribution in [3.63, 3.8) is 0 Å². The van der Waals surface area contributed by atoms with Crippen molar-refractivity contribution in [1.82, 2.24) is 4.90 Å². The van der Waals surface area contributed by atoms with Gasteiger partial charge in [-0.15, -0.1) is 6.58 Å². The van der Waals surface area contributed by atoms with Crippen molar-refractivity contribution in [2.24, 2.45) is 22.7 Å². The maximum Gasteiger partial charge on any atom is 0.313 e. The van der Waals surface area contributed by atoms with Gasteiger partial charge in [0.2, 0.25) is 5.91 Å². The van der Waals surface area contributed by atoms with Crippen LogP contribution in [0.2, 0.25) is 0 Å². The van der Waals surface area contributed by atoms with Gasteiger partial charge in [-0.1, -0.05) is 69.7 Å². The molecule has 2 aromatic rings. The Morgan fingerprint density at radius 3 is 2.36 bits per heavy atom. The standard InChI is InChI=1S/C37H49NO7/c1-9-25-21-37(25,34(42)43-11-3)22-30(39)29-19-26(44-31-18-14-16-24-15-12-13-17-27(24)31)23-38(29)33(41)28(36(7,8)10-2)20-32(40)45-35(4,5)6/h9,12-18,25-26,28-29H,1,10-11,19-23H2,2-8H3/t25-,26+,28+,29-,37-/m0/s1. The average molecular weight is 620 g/mol. The molecule has 8 nitrogen and oxygen atoms in total. The number of ketones is 1. The van der Waals surface area contributed by atoms with E-state index in [9.17, 15) is 19.2 Å². The van der Waals surface area contributed by atoms with E-state index in [-0.39, 0.29) is 50.0 Å². The van der Waals surface area contributed by atoms with Crippen LogP contribution in [0.3, 0.4) is 0 Å². The van der Waals surface area contributed by atoms with Gasteiger partial charge in [-0.2, -0.15) is 0 Å². The minimum Gasteiger partial charge on any atom is -0.488 e. The number of rotatable bonds is 13. The highest BCUT2D eigenvalue weighted by Gasteiger charge is 2.61. The lowest BCUT2D eigenvalue weighted by molar-refractivity contribution is -0.161. The Bertz CT molecular complexity index is 1430. The fraction of sp³-hybridized carbons (Fsp3) is 0.568. The maximum atomic E-state index is 14.5. The number of esters is 2. The van der Waals surface area contributed by atoms with Gasteiger partial charge in [-0.05, 0) is 56.9 Å².